The molecule has 4 aliphatic rings. The SMILES string of the molecule is CC(=O)[C@H]1CCC2[C@@H]3CCC4=CC(=O)CC[C@@]4(C)[C@@H]3CC[C@@]21C. The van der Waals surface area contributed by atoms with E-state index in [1.54, 1.807) is 6.92 Å². The van der Waals surface area contributed by atoms with Crippen molar-refractivity contribution in [2.75, 3.05) is 0 Å². The summed E-state index contributed by atoms with van der Waals surface area (Å²) in [5, 5.41) is 0. The van der Waals surface area contributed by atoms with Crippen LogP contribution in [0.4, 0.5) is 0 Å². The summed E-state index contributed by atoms with van der Waals surface area (Å²) in [6.45, 7) is 6.65. The fourth-order valence-corrected chi connectivity index (χ4v) is 7.23. The van der Waals surface area contributed by atoms with Crippen LogP contribution in [0.3, 0.4) is 0 Å². The average molecular weight is 314 g/mol. The molecule has 0 aromatic rings. The first kappa shape index (κ1) is 15.6. The minimum atomic E-state index is 0.245. The first-order valence-electron chi connectivity index (χ1n) is 9.60. The van der Waals surface area contributed by atoms with E-state index in [9.17, 15) is 9.59 Å². The second kappa shape index (κ2) is 5.04. The molecular formula is C21H30O2. The Hall–Kier alpha value is -0.920. The van der Waals surface area contributed by atoms with E-state index in [4.69, 9.17) is 0 Å². The summed E-state index contributed by atoms with van der Waals surface area (Å²) < 4.78 is 0. The highest BCUT2D eigenvalue weighted by atomic mass is 16.1. The number of fused-ring (bicyclic) bond motifs is 5. The number of rotatable bonds is 1. The van der Waals surface area contributed by atoms with Crippen molar-refractivity contribution in [2.45, 2.75) is 72.1 Å². The molecule has 0 spiro atoms. The molecule has 0 aromatic heterocycles. The maximum Gasteiger partial charge on any atom is 0.155 e. The van der Waals surface area contributed by atoms with Gasteiger partial charge in [-0.1, -0.05) is 19.4 Å². The molecule has 0 heterocycles. The van der Waals surface area contributed by atoms with Gasteiger partial charge in [-0.05, 0) is 86.5 Å². The van der Waals surface area contributed by atoms with Crippen LogP contribution in [-0.4, -0.2) is 11.6 Å². The third kappa shape index (κ3) is 2.06. The average Bonchev–Trinajstić information content (AvgIpc) is 2.85. The maximum absolute atomic E-state index is 12.1. The summed E-state index contributed by atoms with van der Waals surface area (Å²) in [7, 11) is 0. The van der Waals surface area contributed by atoms with Crippen molar-refractivity contribution >= 4 is 11.6 Å². The zero-order valence-corrected chi connectivity index (χ0v) is 14.9. The van der Waals surface area contributed by atoms with Crippen LogP contribution >= 0.6 is 0 Å². The maximum atomic E-state index is 12.1. The topological polar surface area (TPSA) is 34.1 Å². The lowest BCUT2D eigenvalue weighted by Gasteiger charge is -2.58. The third-order valence-electron chi connectivity index (χ3n) is 8.45. The zero-order chi connectivity index (χ0) is 16.4. The Kier molecular flexibility index (Phi) is 3.42. The minimum absolute atomic E-state index is 0.245. The molecule has 0 saturated heterocycles. The van der Waals surface area contributed by atoms with Crippen LogP contribution in [0.5, 0.6) is 0 Å². The first-order valence-corrected chi connectivity index (χ1v) is 9.60. The molecule has 3 fully saturated rings. The van der Waals surface area contributed by atoms with Crippen LogP contribution in [0, 0.1) is 34.5 Å². The Labute approximate surface area is 140 Å². The molecule has 0 N–H and O–H groups in total. The number of carbonyl (C=O) groups excluding carboxylic acids is 2. The molecule has 2 heteroatoms. The van der Waals surface area contributed by atoms with Crippen LogP contribution in [0.1, 0.15) is 72.1 Å². The van der Waals surface area contributed by atoms with Gasteiger partial charge in [-0.2, -0.15) is 0 Å². The van der Waals surface area contributed by atoms with Gasteiger partial charge in [0.2, 0.25) is 0 Å². The number of allylic oxidation sites excluding steroid dienone is 1. The largest absolute Gasteiger partial charge is 0.300 e. The summed E-state index contributed by atoms with van der Waals surface area (Å²) in [5.74, 6) is 3.29. The lowest BCUT2D eigenvalue weighted by atomic mass is 9.47. The predicted molar refractivity (Wildman–Crippen MR) is 90.9 cm³/mol. The molecule has 0 amide bonds. The highest BCUT2D eigenvalue weighted by Crippen LogP contribution is 2.66. The predicted octanol–water partition coefficient (Wildman–Crippen LogP) is 4.72. The molecule has 0 radical (unpaired) electrons. The van der Waals surface area contributed by atoms with Gasteiger partial charge < -0.3 is 0 Å². The van der Waals surface area contributed by atoms with Crippen LogP contribution in [0.15, 0.2) is 11.6 Å². The van der Waals surface area contributed by atoms with Gasteiger partial charge in [-0.25, -0.2) is 0 Å². The molecule has 23 heavy (non-hydrogen) atoms. The lowest BCUT2D eigenvalue weighted by molar-refractivity contribution is -0.128. The monoisotopic (exact) mass is 314 g/mol. The Morgan fingerprint density at radius 3 is 2.57 bits per heavy atom. The van der Waals surface area contributed by atoms with Crippen LogP contribution in [-0.2, 0) is 9.59 Å². The fraction of sp³-hybridized carbons (Fsp3) is 0.810. The zero-order valence-electron chi connectivity index (χ0n) is 14.9. The molecule has 4 rings (SSSR count). The molecule has 3 saturated carbocycles. The highest BCUT2D eigenvalue weighted by Gasteiger charge is 2.59. The van der Waals surface area contributed by atoms with E-state index in [2.05, 4.69) is 13.8 Å². The minimum Gasteiger partial charge on any atom is -0.300 e. The van der Waals surface area contributed by atoms with Gasteiger partial charge in [0.15, 0.2) is 5.78 Å². The van der Waals surface area contributed by atoms with Crippen LogP contribution < -0.4 is 0 Å². The molecule has 0 aliphatic heterocycles. The Bertz CT molecular complexity index is 589. The van der Waals surface area contributed by atoms with E-state index >= 15 is 0 Å². The third-order valence-corrected chi connectivity index (χ3v) is 8.45. The van der Waals surface area contributed by atoms with Gasteiger partial charge in [0.1, 0.15) is 5.78 Å². The highest BCUT2D eigenvalue weighted by molar-refractivity contribution is 5.91. The summed E-state index contributed by atoms with van der Waals surface area (Å²) in [4.78, 5) is 24.0. The Balaban J connectivity index is 1.67. The molecule has 2 nitrogen and oxygen atoms in total. The molecule has 1 unspecified atom stereocenters. The van der Waals surface area contributed by atoms with E-state index in [1.165, 1.54) is 31.3 Å². The van der Waals surface area contributed by atoms with Gasteiger partial charge >= 0.3 is 0 Å². The fourth-order valence-electron chi connectivity index (χ4n) is 7.23. The second-order valence-corrected chi connectivity index (χ2v) is 9.25. The number of ketones is 2. The summed E-state index contributed by atoms with van der Waals surface area (Å²) in [6.07, 6.45) is 10.9. The molecule has 0 aromatic carbocycles. The van der Waals surface area contributed by atoms with Crippen LogP contribution in [0.2, 0.25) is 0 Å². The molecule has 4 aliphatic carbocycles. The number of hydrogen-bond acceptors (Lipinski definition) is 2. The van der Waals surface area contributed by atoms with Crippen molar-refractivity contribution in [3.05, 3.63) is 11.6 Å². The quantitative estimate of drug-likeness (QED) is 0.701. The standard InChI is InChI=1S/C21H30O2/c1-13(22)17-6-7-18-16-5-4-14-12-15(23)8-10-20(14,2)19(16)9-11-21(17,18)3/h12,16-19H,4-11H2,1-3H3/t16-,17+,18?,19+,20+,21+/m0/s1. The van der Waals surface area contributed by atoms with Crippen molar-refractivity contribution < 1.29 is 9.59 Å². The van der Waals surface area contributed by atoms with E-state index < -0.39 is 0 Å². The Morgan fingerprint density at radius 2 is 1.83 bits per heavy atom. The van der Waals surface area contributed by atoms with E-state index in [-0.39, 0.29) is 10.8 Å². The van der Waals surface area contributed by atoms with Gasteiger partial charge in [0.05, 0.1) is 0 Å². The van der Waals surface area contributed by atoms with Crippen molar-refractivity contribution in [1.29, 1.82) is 0 Å². The van der Waals surface area contributed by atoms with Crippen LogP contribution in [0.25, 0.3) is 0 Å². The molecule has 0 bridgehead atoms. The van der Waals surface area contributed by atoms with Crippen molar-refractivity contribution in [3.8, 4) is 0 Å². The number of Topliss-reactive ketones (excluding diaryl/α,β-unsaturated/α-hetero) is 1. The number of carbonyl (C=O) groups is 2. The molecular weight excluding hydrogens is 284 g/mol. The van der Waals surface area contributed by atoms with Gasteiger partial charge in [-0.15, -0.1) is 0 Å². The van der Waals surface area contributed by atoms with Crippen molar-refractivity contribution in [1.82, 2.24) is 0 Å². The smallest absolute Gasteiger partial charge is 0.155 e. The first-order chi connectivity index (χ1) is 10.9. The van der Waals surface area contributed by atoms with E-state index in [0.29, 0.717) is 17.5 Å². The normalized spacial score (nSPS) is 49.0. The summed E-state index contributed by atoms with van der Waals surface area (Å²) in [5.41, 5.74) is 1.95. The van der Waals surface area contributed by atoms with E-state index in [0.717, 1.165) is 43.4 Å². The van der Waals surface area contributed by atoms with Gasteiger partial charge in [0, 0.05) is 12.3 Å². The number of hydrogen-bond donors (Lipinski definition) is 0. The second-order valence-electron chi connectivity index (χ2n) is 9.25. The lowest BCUT2D eigenvalue weighted by Crippen LogP contribution is -2.51. The Morgan fingerprint density at radius 1 is 1.04 bits per heavy atom. The van der Waals surface area contributed by atoms with Crippen molar-refractivity contribution in [3.63, 3.8) is 0 Å². The van der Waals surface area contributed by atoms with Crippen molar-refractivity contribution in [2.24, 2.45) is 34.5 Å². The van der Waals surface area contributed by atoms with Gasteiger partial charge in [-0.3, -0.25) is 9.59 Å². The summed E-state index contributed by atoms with van der Waals surface area (Å²) >= 11 is 0. The summed E-state index contributed by atoms with van der Waals surface area (Å²) in [6, 6.07) is 0. The molecule has 126 valence electrons. The molecule has 6 atom stereocenters. The van der Waals surface area contributed by atoms with Gasteiger partial charge in [0.25, 0.3) is 0 Å². The van der Waals surface area contributed by atoms with E-state index in [1.807, 2.05) is 6.08 Å².